The van der Waals surface area contributed by atoms with Crippen LogP contribution in [0.25, 0.3) is 11.0 Å². The number of carbonyl (C=O) groups is 2. The Morgan fingerprint density at radius 1 is 1.09 bits per heavy atom. The monoisotopic (exact) mass is 446 g/mol. The first kappa shape index (κ1) is 22.9. The van der Waals surface area contributed by atoms with E-state index >= 15 is 0 Å². The van der Waals surface area contributed by atoms with E-state index in [9.17, 15) is 9.59 Å². The topological polar surface area (TPSA) is 75.6 Å². The molecule has 172 valence electrons. The average molecular weight is 447 g/mol. The normalized spacial score (nSPS) is 16.2. The highest BCUT2D eigenvalue weighted by atomic mass is 16.5. The van der Waals surface area contributed by atoms with Crippen LogP contribution in [0.4, 0.5) is 0 Å². The predicted octanol–water partition coefficient (Wildman–Crippen LogP) is 3.20. The largest absolute Gasteiger partial charge is 0.373 e. The molecular formula is C26H30N4O3. The number of rotatable bonds is 7. The van der Waals surface area contributed by atoms with Gasteiger partial charge in [0, 0.05) is 26.2 Å². The minimum absolute atomic E-state index is 0.0716. The fourth-order valence-electron chi connectivity index (χ4n) is 4.08. The Balaban J connectivity index is 1.43. The lowest BCUT2D eigenvalue weighted by molar-refractivity contribution is -0.134. The molecule has 1 fully saturated rings. The van der Waals surface area contributed by atoms with Crippen LogP contribution in [0.5, 0.6) is 0 Å². The lowest BCUT2D eigenvalue weighted by Crippen LogP contribution is -2.51. The third-order valence-electron chi connectivity index (χ3n) is 5.65. The van der Waals surface area contributed by atoms with Crippen molar-refractivity contribution in [2.24, 2.45) is 5.92 Å². The van der Waals surface area contributed by atoms with Gasteiger partial charge in [-0.3, -0.25) is 14.6 Å². The number of amides is 2. The van der Waals surface area contributed by atoms with Gasteiger partial charge in [-0.05, 0) is 23.6 Å². The van der Waals surface area contributed by atoms with Crippen molar-refractivity contribution in [2.45, 2.75) is 26.4 Å². The van der Waals surface area contributed by atoms with Crippen LogP contribution in [0.3, 0.4) is 0 Å². The third-order valence-corrected chi connectivity index (χ3v) is 5.65. The Labute approximate surface area is 194 Å². The highest BCUT2D eigenvalue weighted by Gasteiger charge is 2.29. The lowest BCUT2D eigenvalue weighted by Gasteiger charge is -2.36. The van der Waals surface area contributed by atoms with Crippen LogP contribution in [-0.4, -0.2) is 70.5 Å². The molecule has 7 nitrogen and oxygen atoms in total. The highest BCUT2D eigenvalue weighted by Crippen LogP contribution is 2.15. The standard InChI is InChI=1S/C26H30N4O3/c1-19(2)16-30(25(31)14-20-8-4-3-5-9-20)18-21-17-29(12-13-33-21)26(32)24-15-27-22-10-6-7-11-23(22)28-24/h3-11,15,19,21H,12-14,16-18H2,1-2H3. The molecule has 7 heteroatoms. The molecule has 2 aromatic carbocycles. The quantitative estimate of drug-likeness (QED) is 0.557. The van der Waals surface area contributed by atoms with Gasteiger partial charge < -0.3 is 14.5 Å². The van der Waals surface area contributed by atoms with Gasteiger partial charge in [-0.1, -0.05) is 56.3 Å². The van der Waals surface area contributed by atoms with Crippen molar-refractivity contribution < 1.29 is 14.3 Å². The molecule has 1 aliphatic heterocycles. The molecule has 1 atom stereocenters. The molecule has 0 saturated carbocycles. The first-order valence-electron chi connectivity index (χ1n) is 11.4. The summed E-state index contributed by atoms with van der Waals surface area (Å²) < 4.78 is 5.95. The Hall–Kier alpha value is -3.32. The fraction of sp³-hybridized carbons (Fsp3) is 0.385. The van der Waals surface area contributed by atoms with E-state index in [0.29, 0.717) is 56.3 Å². The SMILES string of the molecule is CC(C)CN(CC1CN(C(=O)c2cnc3ccccc3n2)CCO1)C(=O)Cc1ccccc1. The molecule has 1 aliphatic rings. The van der Waals surface area contributed by atoms with Crippen molar-refractivity contribution in [3.8, 4) is 0 Å². The molecule has 33 heavy (non-hydrogen) atoms. The summed E-state index contributed by atoms with van der Waals surface area (Å²) in [6.07, 6.45) is 1.65. The first-order valence-corrected chi connectivity index (χ1v) is 11.4. The summed E-state index contributed by atoms with van der Waals surface area (Å²) in [6.45, 7) is 6.64. The first-order chi connectivity index (χ1) is 16.0. The van der Waals surface area contributed by atoms with Gasteiger partial charge in [0.1, 0.15) is 5.69 Å². The second-order valence-corrected chi connectivity index (χ2v) is 8.84. The molecule has 1 saturated heterocycles. The number of carbonyl (C=O) groups excluding carboxylic acids is 2. The minimum atomic E-state index is -0.241. The Bertz CT molecular complexity index is 1100. The van der Waals surface area contributed by atoms with Crippen LogP contribution in [0.2, 0.25) is 0 Å². The number of ether oxygens (including phenoxy) is 1. The van der Waals surface area contributed by atoms with Gasteiger partial charge in [0.25, 0.3) is 5.91 Å². The van der Waals surface area contributed by atoms with Crippen LogP contribution in [-0.2, 0) is 16.0 Å². The summed E-state index contributed by atoms with van der Waals surface area (Å²) in [5, 5.41) is 0. The maximum Gasteiger partial charge on any atom is 0.274 e. The number of nitrogens with zero attached hydrogens (tertiary/aromatic N) is 4. The zero-order valence-electron chi connectivity index (χ0n) is 19.2. The molecule has 0 spiro atoms. The van der Waals surface area contributed by atoms with Crippen molar-refractivity contribution >= 4 is 22.8 Å². The maximum atomic E-state index is 13.1. The highest BCUT2D eigenvalue weighted by molar-refractivity contribution is 5.93. The van der Waals surface area contributed by atoms with Crippen molar-refractivity contribution in [3.05, 3.63) is 72.1 Å². The number of hydrogen-bond acceptors (Lipinski definition) is 5. The van der Waals surface area contributed by atoms with E-state index in [-0.39, 0.29) is 17.9 Å². The van der Waals surface area contributed by atoms with Crippen molar-refractivity contribution in [2.75, 3.05) is 32.8 Å². The van der Waals surface area contributed by atoms with Crippen LogP contribution >= 0.6 is 0 Å². The lowest BCUT2D eigenvalue weighted by atomic mass is 10.1. The van der Waals surface area contributed by atoms with Crippen LogP contribution in [0.1, 0.15) is 29.9 Å². The number of morpholine rings is 1. The molecule has 4 rings (SSSR count). The number of aromatic nitrogens is 2. The van der Waals surface area contributed by atoms with Gasteiger partial charge in [0.2, 0.25) is 5.91 Å². The minimum Gasteiger partial charge on any atom is -0.373 e. The zero-order valence-corrected chi connectivity index (χ0v) is 19.2. The number of fused-ring (bicyclic) bond motifs is 1. The molecule has 0 N–H and O–H groups in total. The van der Waals surface area contributed by atoms with E-state index < -0.39 is 0 Å². The van der Waals surface area contributed by atoms with Gasteiger partial charge in [-0.15, -0.1) is 0 Å². The van der Waals surface area contributed by atoms with E-state index in [1.807, 2.05) is 59.5 Å². The second kappa shape index (κ2) is 10.5. The van der Waals surface area contributed by atoms with Gasteiger partial charge in [0.15, 0.2) is 0 Å². The molecule has 0 aliphatic carbocycles. The van der Waals surface area contributed by atoms with Crippen LogP contribution in [0, 0.1) is 5.92 Å². The molecular weight excluding hydrogens is 416 g/mol. The Morgan fingerprint density at radius 2 is 1.82 bits per heavy atom. The summed E-state index contributed by atoms with van der Waals surface area (Å²) in [4.78, 5) is 38.6. The summed E-state index contributed by atoms with van der Waals surface area (Å²) in [6, 6.07) is 17.3. The Morgan fingerprint density at radius 3 is 2.58 bits per heavy atom. The molecule has 3 aromatic rings. The molecule has 0 radical (unpaired) electrons. The zero-order chi connectivity index (χ0) is 23.2. The molecule has 1 aromatic heterocycles. The maximum absolute atomic E-state index is 13.1. The average Bonchev–Trinajstić information content (AvgIpc) is 2.83. The van der Waals surface area contributed by atoms with E-state index in [1.54, 1.807) is 4.90 Å². The number of hydrogen-bond donors (Lipinski definition) is 0. The Kier molecular flexibility index (Phi) is 7.29. The summed E-state index contributed by atoms with van der Waals surface area (Å²) in [5.74, 6) is 0.244. The van der Waals surface area contributed by atoms with Gasteiger partial charge in [-0.2, -0.15) is 0 Å². The van der Waals surface area contributed by atoms with Gasteiger partial charge in [0.05, 0.1) is 36.4 Å². The van der Waals surface area contributed by atoms with Crippen molar-refractivity contribution in [1.29, 1.82) is 0 Å². The van der Waals surface area contributed by atoms with E-state index in [4.69, 9.17) is 4.74 Å². The van der Waals surface area contributed by atoms with E-state index in [2.05, 4.69) is 23.8 Å². The number of para-hydroxylation sites is 2. The van der Waals surface area contributed by atoms with E-state index in [0.717, 1.165) is 11.1 Å². The van der Waals surface area contributed by atoms with Crippen LogP contribution in [0.15, 0.2) is 60.8 Å². The van der Waals surface area contributed by atoms with Crippen LogP contribution < -0.4 is 0 Å². The second-order valence-electron chi connectivity index (χ2n) is 8.84. The van der Waals surface area contributed by atoms with Crippen molar-refractivity contribution in [3.63, 3.8) is 0 Å². The third kappa shape index (κ3) is 5.93. The summed E-state index contributed by atoms with van der Waals surface area (Å²) in [5.41, 5.74) is 2.78. The molecule has 2 heterocycles. The van der Waals surface area contributed by atoms with Crippen molar-refractivity contribution in [1.82, 2.24) is 19.8 Å². The fourth-order valence-corrected chi connectivity index (χ4v) is 4.08. The predicted molar refractivity (Wildman–Crippen MR) is 127 cm³/mol. The molecule has 2 amide bonds. The molecule has 1 unspecified atom stereocenters. The van der Waals surface area contributed by atoms with E-state index in [1.165, 1.54) is 6.20 Å². The smallest absolute Gasteiger partial charge is 0.274 e. The van der Waals surface area contributed by atoms with Gasteiger partial charge >= 0.3 is 0 Å². The summed E-state index contributed by atoms with van der Waals surface area (Å²) in [7, 11) is 0. The van der Waals surface area contributed by atoms with Gasteiger partial charge in [-0.25, -0.2) is 4.98 Å². The number of benzene rings is 2. The molecule has 0 bridgehead atoms. The summed E-state index contributed by atoms with van der Waals surface area (Å²) >= 11 is 0.